The van der Waals surface area contributed by atoms with Crippen LogP contribution in [0.1, 0.15) is 121 Å². The molecule has 0 saturated carbocycles. The molecule has 2 aliphatic rings. The summed E-state index contributed by atoms with van der Waals surface area (Å²) in [6, 6.07) is 25.2. The molecule has 0 N–H and O–H groups in total. The average molecular weight is 1430 g/mol. The number of anilines is 6. The van der Waals surface area contributed by atoms with Gasteiger partial charge in [0.15, 0.2) is 0 Å². The molecular weight excluding hydrogens is 1320 g/mol. The first kappa shape index (κ1) is 40.2. The van der Waals surface area contributed by atoms with Crippen LogP contribution < -0.4 is 26.2 Å². The molecule has 21 rings (SSSR count). The molecule has 0 bridgehead atoms. The molecule has 4 aromatic heterocycles. The zero-order chi connectivity index (χ0) is 100. The third kappa shape index (κ3) is 9.88. The monoisotopic (exact) mass is 1430 g/mol. The van der Waals surface area contributed by atoms with Crippen molar-refractivity contribution in [3.63, 3.8) is 0 Å². The van der Waals surface area contributed by atoms with Crippen LogP contribution in [-0.4, -0.2) is 25.0 Å². The number of hydrogen-bond acceptors (Lipinski definition) is 2. The van der Waals surface area contributed by atoms with Gasteiger partial charge >= 0.3 is 0 Å². The van der Waals surface area contributed by atoms with Gasteiger partial charge in [0.1, 0.15) is 0 Å². The van der Waals surface area contributed by atoms with Crippen molar-refractivity contribution in [2.24, 2.45) is 0 Å². The third-order valence-electron chi connectivity index (χ3n) is 21.7. The van der Waals surface area contributed by atoms with Crippen molar-refractivity contribution in [3.8, 4) is 45.0 Å². The normalized spacial score (nSPS) is 17.1. The van der Waals surface area contributed by atoms with E-state index in [1.165, 1.54) is 18.3 Å². The summed E-state index contributed by atoms with van der Waals surface area (Å²) in [7, 11) is 0. The summed E-state index contributed by atoms with van der Waals surface area (Å²) in [4.78, 5) is 4.19. The largest absolute Gasteiger partial charge is 0.311 e. The minimum Gasteiger partial charge on any atom is -0.311 e. The Hall–Kier alpha value is -12.8. The maximum Gasteiger partial charge on any atom is 0.252 e. The highest BCUT2D eigenvalue weighted by molar-refractivity contribution is 7.00. The van der Waals surface area contributed by atoms with Crippen LogP contribution in [0.4, 0.5) is 34.1 Å². The van der Waals surface area contributed by atoms with Crippen LogP contribution in [0, 0.1) is 0 Å². The summed E-state index contributed by atoms with van der Waals surface area (Å²) in [6.07, 6.45) is 0. The predicted molar refractivity (Wildman–Crippen MR) is 465 cm³/mol. The lowest BCUT2D eigenvalue weighted by atomic mass is 9.33. The van der Waals surface area contributed by atoms with E-state index in [-0.39, 0.29) is 122 Å². The Labute approximate surface area is 679 Å². The molecule has 0 atom stereocenters. The predicted octanol–water partition coefficient (Wildman–Crippen LogP) is 25.4. The highest BCUT2D eigenvalue weighted by atomic mass is 15.2. The van der Waals surface area contributed by atoms with E-state index in [0.717, 1.165) is 22.8 Å². The van der Waals surface area contributed by atoms with Crippen LogP contribution in [0.3, 0.4) is 0 Å². The molecule has 15 aromatic carbocycles. The Morgan fingerprint density at radius 1 is 0.248 bits per heavy atom. The van der Waals surface area contributed by atoms with Crippen molar-refractivity contribution in [1.82, 2.24) is 18.3 Å². The maximum absolute atomic E-state index is 9.87. The Balaban J connectivity index is 0.903. The lowest BCUT2D eigenvalue weighted by molar-refractivity contribution is 0.590. The van der Waals surface area contributed by atoms with Crippen molar-refractivity contribution in [1.29, 1.82) is 0 Å². The highest BCUT2D eigenvalue weighted by Gasteiger charge is 2.46. The molecule has 6 nitrogen and oxygen atoms in total. The molecule has 0 radical (unpaired) electrons. The molecule has 109 heavy (non-hydrogen) atoms. The molecule has 0 saturated heterocycles. The summed E-state index contributed by atoms with van der Waals surface area (Å²) in [5.74, 6) is 0. The van der Waals surface area contributed by atoms with E-state index in [0.29, 0.717) is 72.8 Å². The topological polar surface area (TPSA) is 26.2 Å². The van der Waals surface area contributed by atoms with E-state index in [1.807, 2.05) is 87.5 Å². The van der Waals surface area contributed by atoms with Crippen LogP contribution in [-0.2, 0) is 16.2 Å². The second-order valence-corrected chi connectivity index (χ2v) is 31.0. The lowest BCUT2D eigenvalue weighted by Gasteiger charge is -2.46. The maximum atomic E-state index is 9.87. The molecule has 2 aliphatic heterocycles. The zero-order valence-electron chi connectivity index (χ0n) is 91.5. The SMILES string of the molecule is [2H]c1cc([2H])c2c3c([2H])c([2H])c([2H])c([2H])c3n(-c3ccc4c(c3)N(c3ccc(C(C)(C)C)cc3-c3ccc(-n5c6c([2H])c([2H])c([2H])c([2H])c6c6c([2H])c([2H])c([2H])c([2H])c65)cc3)c3cc(C(C)(C)C)cc5c3B4c3ccc(-n4c6c([2H])c([2H])c([2H])c([2H])c6c6c([2H])c([2H])c([2H])c([2H])c64)cc3N5c3ccc(C(C)(C)C)cc3-c3ccc(-n4c5c([2H])c([2H])c([2H])c([2H])c5c5c([2H])c([2H])c([2H])c([2H])c54)cc3)c2c1[2H]. The summed E-state index contributed by atoms with van der Waals surface area (Å²) in [5.41, 5.74) is 7.21. The zero-order valence-corrected chi connectivity index (χ0v) is 60.5. The minimum absolute atomic E-state index is 0.0187. The van der Waals surface area contributed by atoms with Crippen LogP contribution in [0.2, 0.25) is 0 Å². The Kier molecular flexibility index (Phi) is 8.79. The van der Waals surface area contributed by atoms with Crippen molar-refractivity contribution < 1.29 is 42.5 Å². The quantitative estimate of drug-likeness (QED) is 0.142. The van der Waals surface area contributed by atoms with Gasteiger partial charge in [-0.15, -0.1) is 0 Å². The number of rotatable bonds is 8. The molecule has 0 amide bonds. The van der Waals surface area contributed by atoms with Gasteiger partial charge < -0.3 is 28.1 Å². The second-order valence-electron chi connectivity index (χ2n) is 31.0. The second kappa shape index (κ2) is 23.8. The van der Waals surface area contributed by atoms with Crippen LogP contribution in [0.5, 0.6) is 0 Å². The fourth-order valence-electron chi connectivity index (χ4n) is 16.4. The molecule has 7 heteroatoms. The van der Waals surface area contributed by atoms with Gasteiger partial charge in [-0.2, -0.15) is 0 Å². The molecular formula is C102H81BN6. The van der Waals surface area contributed by atoms with E-state index in [4.69, 9.17) is 15.1 Å². The van der Waals surface area contributed by atoms with E-state index >= 15 is 0 Å². The van der Waals surface area contributed by atoms with Gasteiger partial charge in [0.05, 0.1) is 98.0 Å². The number of nitrogens with zero attached hydrogens (tertiary/aromatic N) is 6. The molecule has 0 fully saturated rings. The number of hydrogen-bond donors (Lipinski definition) is 0. The van der Waals surface area contributed by atoms with Crippen LogP contribution >= 0.6 is 0 Å². The Bertz CT molecular complexity index is 8730. The molecule has 522 valence electrons. The minimum atomic E-state index is -0.944. The highest BCUT2D eigenvalue weighted by Crippen LogP contribution is 2.53. The summed E-state index contributed by atoms with van der Waals surface area (Å²) >= 11 is 0. The molecule has 0 unspecified atom stereocenters. The van der Waals surface area contributed by atoms with Gasteiger partial charge in [-0.25, -0.2) is 0 Å². The van der Waals surface area contributed by atoms with Crippen molar-refractivity contribution >= 4 is 144 Å². The summed E-state index contributed by atoms with van der Waals surface area (Å²) < 4.78 is 295. The van der Waals surface area contributed by atoms with Crippen molar-refractivity contribution in [2.45, 2.75) is 78.6 Å². The van der Waals surface area contributed by atoms with Gasteiger partial charge in [-0.3, -0.25) is 0 Å². The van der Waals surface area contributed by atoms with Crippen molar-refractivity contribution in [3.05, 3.63) is 344 Å². The number of benzene rings is 15. The molecule has 0 aliphatic carbocycles. The van der Waals surface area contributed by atoms with Gasteiger partial charge in [-0.1, -0.05) is 256 Å². The number of fused-ring (bicyclic) bond motifs is 16. The van der Waals surface area contributed by atoms with Gasteiger partial charge in [0.2, 0.25) is 0 Å². The smallest absolute Gasteiger partial charge is 0.252 e. The first-order valence-electron chi connectivity index (χ1n) is 51.5. The third-order valence-corrected chi connectivity index (χ3v) is 21.7. The van der Waals surface area contributed by atoms with Crippen LogP contribution in [0.25, 0.3) is 132 Å². The fraction of sp³-hybridized carbons (Fsp3) is 0.118. The fourth-order valence-corrected chi connectivity index (χ4v) is 16.4. The average Bonchev–Trinajstić information content (AvgIpc) is 0.769. The molecule has 0 spiro atoms. The first-order chi connectivity index (χ1) is 65.8. The van der Waals surface area contributed by atoms with Gasteiger partial charge in [-0.05, 0) is 194 Å². The van der Waals surface area contributed by atoms with E-state index in [9.17, 15) is 27.4 Å². The van der Waals surface area contributed by atoms with Crippen molar-refractivity contribution in [2.75, 3.05) is 9.80 Å². The standard InChI is InChI=1S/C102H81BN6/c1-100(2,3)66-46-56-93(81(58-66)64-42-48-69(49-43-64)104-85-34-18-10-26-73(85)74-27-11-19-35-86(74)104)108-95-62-71(106-89-38-22-14-30-77(89)78-31-15-23-39-90(78)106)52-54-83(95)103-84-55-53-72(107-91-40-24-16-32-79(91)80-33-17-25-41-92(80)107)63-96(84)109(98-61-68(102(7,8)9)60-97(108)99(98)103)94-57-47-67(101(4,5)6)59-82(94)65-44-50-70(51-45-65)105-87-36-20-12-28-75(87)76-29-13-21-37-88(76)105/h10-63H,1-9H3/i10D,11D,12D,13D,14D,15D,16D,18D,19D,20D,21D,22D,23D,24D,25D,26D,27D,28D,29D,30D,31D,32D,33D,34D,35D,36D,37D,38D,39D,40D,41D. The van der Waals surface area contributed by atoms with Crippen LogP contribution in [0.15, 0.2) is 327 Å². The number of aromatic nitrogens is 4. The Morgan fingerprint density at radius 3 is 0.853 bits per heavy atom. The lowest BCUT2D eigenvalue weighted by Crippen LogP contribution is -2.61. The van der Waals surface area contributed by atoms with Gasteiger partial charge in [0.25, 0.3) is 6.71 Å². The van der Waals surface area contributed by atoms with E-state index in [2.05, 4.69) is 69.5 Å². The molecule has 6 heterocycles. The molecule has 19 aromatic rings. The van der Waals surface area contributed by atoms with Gasteiger partial charge in [0, 0.05) is 99.7 Å². The summed E-state index contributed by atoms with van der Waals surface area (Å²) in [6.45, 7) is 17.5. The van der Waals surface area contributed by atoms with E-state index < -0.39 is 198 Å². The number of para-hydroxylation sites is 8. The van der Waals surface area contributed by atoms with E-state index in [1.54, 1.807) is 48.5 Å². The summed E-state index contributed by atoms with van der Waals surface area (Å²) in [5, 5.41) is -0.949. The Morgan fingerprint density at radius 2 is 0.532 bits per heavy atom. The first-order valence-corrected chi connectivity index (χ1v) is 36.0.